The van der Waals surface area contributed by atoms with Gasteiger partial charge < -0.3 is 0 Å². The molecule has 0 aliphatic carbocycles. The maximum atomic E-state index is 13.9. The third kappa shape index (κ3) is 2.08. The lowest BCUT2D eigenvalue weighted by Crippen LogP contribution is -2.04. The van der Waals surface area contributed by atoms with Gasteiger partial charge in [0.2, 0.25) is 0 Å². The quantitative estimate of drug-likeness (QED) is 0.606. The van der Waals surface area contributed by atoms with Gasteiger partial charge in [-0.1, -0.05) is 29.6 Å². The van der Waals surface area contributed by atoms with Crippen LogP contribution in [0.1, 0.15) is 16.7 Å². The molecule has 6 heteroatoms. The average Bonchev–Trinajstić information content (AvgIpc) is 2.47. The molecule has 1 aliphatic heterocycles. The first-order chi connectivity index (χ1) is 10.1. The minimum atomic E-state index is -1.25. The highest BCUT2D eigenvalue weighted by atomic mass is 32.2. The van der Waals surface area contributed by atoms with Gasteiger partial charge in [-0.25, -0.2) is 8.78 Å². The van der Waals surface area contributed by atoms with Crippen molar-refractivity contribution in [3.05, 3.63) is 46.5 Å². The Kier molecular flexibility index (Phi) is 3.36. The molecule has 102 valence electrons. The molecule has 2 aromatic rings. The van der Waals surface area contributed by atoms with Gasteiger partial charge in [0.1, 0.15) is 23.3 Å². The van der Waals surface area contributed by atoms with Crippen molar-refractivity contribution >= 4 is 23.5 Å². The number of rotatable bonds is 0. The molecule has 0 aromatic heterocycles. The van der Waals surface area contributed by atoms with Crippen LogP contribution >= 0.6 is 23.5 Å². The molecular weight excluding hydrogens is 310 g/mol. The first-order valence-electron chi connectivity index (χ1n) is 5.88. The van der Waals surface area contributed by atoms with Crippen LogP contribution in [0.25, 0.3) is 0 Å². The van der Waals surface area contributed by atoms with Crippen molar-refractivity contribution in [2.75, 3.05) is 0 Å². The Hall–Kier alpha value is -2.02. The van der Waals surface area contributed by atoms with E-state index in [2.05, 4.69) is 0 Å². The first-order valence-corrected chi connectivity index (χ1v) is 7.51. The Labute approximate surface area is 128 Å². The lowest BCUT2D eigenvalue weighted by Gasteiger charge is -2.21. The summed E-state index contributed by atoms with van der Waals surface area (Å²) < 4.78 is 27.8. The van der Waals surface area contributed by atoms with Gasteiger partial charge in [-0.3, -0.25) is 0 Å². The fourth-order valence-electron chi connectivity index (χ4n) is 2.04. The van der Waals surface area contributed by atoms with Crippen molar-refractivity contribution in [3.8, 4) is 12.1 Å². The SMILES string of the molecule is Cc1ccc2c(c1)Sc1c(C#N)c(F)c(F)c(C#N)c1S2. The second-order valence-electron chi connectivity index (χ2n) is 4.41. The summed E-state index contributed by atoms with van der Waals surface area (Å²) in [6.45, 7) is 1.93. The predicted molar refractivity (Wildman–Crippen MR) is 75.2 cm³/mol. The van der Waals surface area contributed by atoms with Gasteiger partial charge in [-0.2, -0.15) is 10.5 Å². The zero-order valence-corrected chi connectivity index (χ0v) is 12.3. The molecular formula is C15H6F2N2S2. The largest absolute Gasteiger partial charge is 0.202 e. The molecule has 1 heterocycles. The van der Waals surface area contributed by atoms with E-state index in [4.69, 9.17) is 10.5 Å². The topological polar surface area (TPSA) is 47.6 Å². The summed E-state index contributed by atoms with van der Waals surface area (Å²) in [5.74, 6) is -2.51. The summed E-state index contributed by atoms with van der Waals surface area (Å²) in [5, 5.41) is 18.2. The monoisotopic (exact) mass is 316 g/mol. The lowest BCUT2D eigenvalue weighted by molar-refractivity contribution is 0.496. The van der Waals surface area contributed by atoms with Crippen LogP contribution in [0.5, 0.6) is 0 Å². The minimum absolute atomic E-state index is 0.314. The number of fused-ring (bicyclic) bond motifs is 2. The van der Waals surface area contributed by atoms with Crippen molar-refractivity contribution in [2.24, 2.45) is 0 Å². The minimum Gasteiger partial charge on any atom is -0.202 e. The number of aryl methyl sites for hydroxylation is 1. The van der Waals surface area contributed by atoms with Crippen LogP contribution in [0.2, 0.25) is 0 Å². The summed E-state index contributed by atoms with van der Waals surface area (Å²) in [6, 6.07) is 9.11. The van der Waals surface area contributed by atoms with E-state index in [1.807, 2.05) is 25.1 Å². The maximum Gasteiger partial charge on any atom is 0.179 e. The second kappa shape index (κ2) is 5.07. The predicted octanol–water partition coefficient (Wildman–Crippen LogP) is 4.63. The maximum absolute atomic E-state index is 13.9. The Morgan fingerprint density at radius 1 is 0.905 bits per heavy atom. The van der Waals surface area contributed by atoms with E-state index < -0.39 is 11.6 Å². The van der Waals surface area contributed by atoms with Crippen molar-refractivity contribution in [2.45, 2.75) is 26.5 Å². The van der Waals surface area contributed by atoms with Gasteiger partial charge in [-0.15, -0.1) is 0 Å². The summed E-state index contributed by atoms with van der Waals surface area (Å²) in [6.07, 6.45) is 0. The highest BCUT2D eigenvalue weighted by Gasteiger charge is 2.29. The standard InChI is InChI=1S/C15H6F2N2S2/c1-7-2-3-10-11(4-7)21-15-9(6-19)13(17)12(16)8(5-18)14(15)20-10/h2-4H,1H3. The number of halogens is 2. The zero-order valence-electron chi connectivity index (χ0n) is 10.7. The third-order valence-corrected chi connectivity index (χ3v) is 5.66. The fraction of sp³-hybridized carbons (Fsp3) is 0.0667. The smallest absolute Gasteiger partial charge is 0.179 e. The summed E-state index contributed by atoms with van der Waals surface area (Å²) >= 11 is 2.39. The molecule has 0 radical (unpaired) electrons. The van der Waals surface area contributed by atoms with Crippen LogP contribution in [-0.2, 0) is 0 Å². The summed E-state index contributed by atoms with van der Waals surface area (Å²) in [7, 11) is 0. The van der Waals surface area contributed by atoms with E-state index in [0.717, 1.165) is 15.4 Å². The van der Waals surface area contributed by atoms with Crippen LogP contribution in [0.3, 0.4) is 0 Å². The van der Waals surface area contributed by atoms with Crippen molar-refractivity contribution in [1.29, 1.82) is 10.5 Å². The molecule has 0 amide bonds. The van der Waals surface area contributed by atoms with Gasteiger partial charge in [0, 0.05) is 19.6 Å². The molecule has 0 bridgehead atoms. The number of benzene rings is 2. The van der Waals surface area contributed by atoms with Crippen LogP contribution in [0.15, 0.2) is 37.8 Å². The average molecular weight is 316 g/mol. The van der Waals surface area contributed by atoms with E-state index >= 15 is 0 Å². The molecule has 0 unspecified atom stereocenters. The first kappa shape index (κ1) is 13.9. The third-order valence-electron chi connectivity index (χ3n) is 3.04. The number of hydrogen-bond donors (Lipinski definition) is 0. The van der Waals surface area contributed by atoms with Crippen LogP contribution in [0.4, 0.5) is 8.78 Å². The molecule has 2 nitrogen and oxygen atoms in total. The van der Waals surface area contributed by atoms with E-state index in [1.54, 1.807) is 12.1 Å². The molecule has 21 heavy (non-hydrogen) atoms. The van der Waals surface area contributed by atoms with Gasteiger partial charge in [0.25, 0.3) is 0 Å². The number of nitriles is 2. The molecule has 0 fully saturated rings. The van der Waals surface area contributed by atoms with E-state index in [9.17, 15) is 8.78 Å². The zero-order chi connectivity index (χ0) is 15.1. The van der Waals surface area contributed by atoms with Gasteiger partial charge >= 0.3 is 0 Å². The highest BCUT2D eigenvalue weighted by Crippen LogP contribution is 2.52. The van der Waals surface area contributed by atoms with Gasteiger partial charge in [0.15, 0.2) is 11.6 Å². The fourth-order valence-corrected chi connectivity index (χ4v) is 4.55. The van der Waals surface area contributed by atoms with E-state index in [0.29, 0.717) is 9.79 Å². The molecule has 1 aliphatic rings. The Balaban J connectivity index is 2.31. The lowest BCUT2D eigenvalue weighted by atomic mass is 10.1. The summed E-state index contributed by atoms with van der Waals surface area (Å²) in [4.78, 5) is 2.37. The van der Waals surface area contributed by atoms with Gasteiger partial charge in [-0.05, 0) is 24.6 Å². The molecule has 0 atom stereocenters. The van der Waals surface area contributed by atoms with Crippen molar-refractivity contribution in [1.82, 2.24) is 0 Å². The molecule has 3 rings (SSSR count). The molecule has 0 spiro atoms. The van der Waals surface area contributed by atoms with Crippen LogP contribution in [0, 0.1) is 41.2 Å². The van der Waals surface area contributed by atoms with Crippen molar-refractivity contribution < 1.29 is 8.78 Å². The highest BCUT2D eigenvalue weighted by molar-refractivity contribution is 8.05. The van der Waals surface area contributed by atoms with Crippen LogP contribution < -0.4 is 0 Å². The Morgan fingerprint density at radius 3 is 1.95 bits per heavy atom. The summed E-state index contributed by atoms with van der Waals surface area (Å²) in [5.41, 5.74) is 0.350. The normalized spacial score (nSPS) is 12.0. The van der Waals surface area contributed by atoms with Gasteiger partial charge in [0.05, 0.1) is 0 Å². The molecule has 2 aromatic carbocycles. The van der Waals surface area contributed by atoms with E-state index in [1.165, 1.54) is 23.5 Å². The molecule has 0 saturated heterocycles. The Bertz CT molecular complexity index is 864. The number of nitrogens with zero attached hydrogens (tertiary/aromatic N) is 2. The Morgan fingerprint density at radius 2 is 1.43 bits per heavy atom. The van der Waals surface area contributed by atoms with E-state index in [-0.39, 0.29) is 11.1 Å². The molecule has 0 saturated carbocycles. The molecule has 0 N–H and O–H groups in total. The second-order valence-corrected chi connectivity index (χ2v) is 6.52. The van der Waals surface area contributed by atoms with Crippen LogP contribution in [-0.4, -0.2) is 0 Å². The van der Waals surface area contributed by atoms with Crippen molar-refractivity contribution in [3.63, 3.8) is 0 Å². The number of hydrogen-bond acceptors (Lipinski definition) is 4.